The van der Waals surface area contributed by atoms with E-state index in [4.69, 9.17) is 0 Å². The number of benzene rings is 2. The van der Waals surface area contributed by atoms with E-state index >= 15 is 0 Å². The van der Waals surface area contributed by atoms with E-state index in [1.54, 1.807) is 0 Å². The van der Waals surface area contributed by atoms with Crippen LogP contribution >= 0.6 is 0 Å². The Morgan fingerprint density at radius 2 is 1.52 bits per heavy atom. The summed E-state index contributed by atoms with van der Waals surface area (Å²) >= 11 is 0. The van der Waals surface area contributed by atoms with Gasteiger partial charge in [0, 0.05) is 49.5 Å². The van der Waals surface area contributed by atoms with Crippen LogP contribution in [-0.4, -0.2) is 42.9 Å². The van der Waals surface area contributed by atoms with Crippen LogP contribution in [0.1, 0.15) is 69.3 Å². The third-order valence-electron chi connectivity index (χ3n) is 6.09. The largest absolute Gasteiger partial charge is 0.368 e. The zero-order valence-electron chi connectivity index (χ0n) is 20.7. The second kappa shape index (κ2) is 11.4. The number of piperazine rings is 1. The fourth-order valence-electron chi connectivity index (χ4n) is 4.14. The van der Waals surface area contributed by atoms with Gasteiger partial charge in [0.05, 0.1) is 0 Å². The van der Waals surface area contributed by atoms with E-state index < -0.39 is 0 Å². The fraction of sp³-hybridized carbons (Fsp3) is 0.500. The number of nitrogens with one attached hydrogen (secondary N) is 1. The standard InChI is InChI=1S/C28H39N3O2/c1-5-6-7-8-22-9-11-23(12-10-22)27(33)29-24-13-15-25(16-14-24)30-17-19-31(20-18-30)26(32)21-28(2,3)4/h9-16H,5-8,17-21H2,1-4H3,(H,29,33). The summed E-state index contributed by atoms with van der Waals surface area (Å²) in [6, 6.07) is 15.9. The van der Waals surface area contributed by atoms with Crippen molar-refractivity contribution in [2.75, 3.05) is 36.4 Å². The third-order valence-corrected chi connectivity index (χ3v) is 6.09. The highest BCUT2D eigenvalue weighted by molar-refractivity contribution is 6.04. The quantitative estimate of drug-likeness (QED) is 0.522. The van der Waals surface area contributed by atoms with E-state index in [1.165, 1.54) is 24.8 Å². The lowest BCUT2D eigenvalue weighted by Crippen LogP contribution is -2.49. The highest BCUT2D eigenvalue weighted by atomic mass is 16.2. The minimum Gasteiger partial charge on any atom is -0.368 e. The van der Waals surface area contributed by atoms with E-state index in [0.717, 1.165) is 44.0 Å². The molecule has 0 aliphatic carbocycles. The molecule has 5 heteroatoms. The summed E-state index contributed by atoms with van der Waals surface area (Å²) in [6.45, 7) is 11.7. The van der Waals surface area contributed by atoms with Crippen molar-refractivity contribution in [2.24, 2.45) is 5.41 Å². The molecule has 0 radical (unpaired) electrons. The Bertz CT molecular complexity index is 906. The maximum atomic E-state index is 12.6. The van der Waals surface area contributed by atoms with Crippen LogP contribution < -0.4 is 10.2 Å². The predicted molar refractivity (Wildman–Crippen MR) is 137 cm³/mol. The van der Waals surface area contributed by atoms with Gasteiger partial charge in [0.1, 0.15) is 0 Å². The lowest BCUT2D eigenvalue weighted by Gasteiger charge is -2.37. The van der Waals surface area contributed by atoms with E-state index in [-0.39, 0.29) is 17.2 Å². The first kappa shape index (κ1) is 24.8. The maximum Gasteiger partial charge on any atom is 0.255 e. The fourth-order valence-corrected chi connectivity index (χ4v) is 4.14. The van der Waals surface area contributed by atoms with Crippen molar-refractivity contribution in [2.45, 2.75) is 59.8 Å². The molecule has 3 rings (SSSR count). The Hall–Kier alpha value is -2.82. The molecule has 0 saturated carbocycles. The molecule has 2 amide bonds. The second-order valence-electron chi connectivity index (χ2n) is 10.3. The number of carbonyl (C=O) groups excluding carboxylic acids is 2. The van der Waals surface area contributed by atoms with Gasteiger partial charge in [-0.05, 0) is 60.2 Å². The minimum absolute atomic E-state index is 0.0190. The number of carbonyl (C=O) groups is 2. The van der Waals surface area contributed by atoms with Gasteiger partial charge in [-0.2, -0.15) is 0 Å². The van der Waals surface area contributed by atoms with Gasteiger partial charge in [-0.15, -0.1) is 0 Å². The molecule has 0 spiro atoms. The molecule has 0 aromatic heterocycles. The highest BCUT2D eigenvalue weighted by Gasteiger charge is 2.25. The summed E-state index contributed by atoms with van der Waals surface area (Å²) in [5, 5.41) is 2.99. The molecule has 178 valence electrons. The van der Waals surface area contributed by atoms with E-state index in [1.807, 2.05) is 41.3 Å². The summed E-state index contributed by atoms with van der Waals surface area (Å²) in [4.78, 5) is 29.4. The summed E-state index contributed by atoms with van der Waals surface area (Å²) in [5.41, 5.74) is 3.88. The molecule has 5 nitrogen and oxygen atoms in total. The van der Waals surface area contributed by atoms with Crippen molar-refractivity contribution in [1.82, 2.24) is 4.90 Å². The SMILES string of the molecule is CCCCCc1ccc(C(=O)Nc2ccc(N3CCN(C(=O)CC(C)(C)C)CC3)cc2)cc1. The van der Waals surface area contributed by atoms with E-state index in [9.17, 15) is 9.59 Å². The molecule has 2 aromatic rings. The Morgan fingerprint density at radius 1 is 0.879 bits per heavy atom. The van der Waals surface area contributed by atoms with Gasteiger partial charge in [0.2, 0.25) is 5.91 Å². The van der Waals surface area contributed by atoms with Crippen LogP contribution in [0.2, 0.25) is 0 Å². The number of anilines is 2. The van der Waals surface area contributed by atoms with Crippen molar-refractivity contribution in [3.05, 3.63) is 59.7 Å². The zero-order valence-corrected chi connectivity index (χ0v) is 20.7. The summed E-state index contributed by atoms with van der Waals surface area (Å²) in [7, 11) is 0. The average Bonchev–Trinajstić information content (AvgIpc) is 2.79. The first-order chi connectivity index (χ1) is 15.7. The molecule has 1 saturated heterocycles. The number of nitrogens with zero attached hydrogens (tertiary/aromatic N) is 2. The molecule has 33 heavy (non-hydrogen) atoms. The average molecular weight is 450 g/mol. The van der Waals surface area contributed by atoms with Crippen LogP contribution in [0.15, 0.2) is 48.5 Å². The van der Waals surface area contributed by atoms with Crippen LogP contribution in [0, 0.1) is 5.41 Å². The van der Waals surface area contributed by atoms with Crippen molar-refractivity contribution in [3.8, 4) is 0 Å². The second-order valence-corrected chi connectivity index (χ2v) is 10.3. The monoisotopic (exact) mass is 449 g/mol. The van der Waals surface area contributed by atoms with Crippen LogP contribution in [0.3, 0.4) is 0 Å². The first-order valence-corrected chi connectivity index (χ1v) is 12.3. The molecule has 1 N–H and O–H groups in total. The zero-order chi connectivity index (χ0) is 23.8. The van der Waals surface area contributed by atoms with Gasteiger partial charge in [-0.25, -0.2) is 0 Å². The molecule has 1 aliphatic rings. The number of hydrogen-bond acceptors (Lipinski definition) is 3. The van der Waals surface area contributed by atoms with Crippen molar-refractivity contribution < 1.29 is 9.59 Å². The normalized spacial score (nSPS) is 14.3. The predicted octanol–water partition coefficient (Wildman–Crippen LogP) is 5.76. The molecule has 2 aromatic carbocycles. The van der Waals surface area contributed by atoms with E-state index in [2.05, 4.69) is 50.0 Å². The molecular weight excluding hydrogens is 410 g/mol. The van der Waals surface area contributed by atoms with Crippen LogP contribution in [0.4, 0.5) is 11.4 Å². The summed E-state index contributed by atoms with van der Waals surface area (Å²) < 4.78 is 0. The lowest BCUT2D eigenvalue weighted by molar-refractivity contribution is -0.133. The topological polar surface area (TPSA) is 52.7 Å². The maximum absolute atomic E-state index is 12.6. The smallest absolute Gasteiger partial charge is 0.255 e. The molecule has 1 heterocycles. The summed E-state index contributed by atoms with van der Waals surface area (Å²) in [5.74, 6) is 0.156. The third kappa shape index (κ3) is 7.62. The molecule has 0 bridgehead atoms. The summed E-state index contributed by atoms with van der Waals surface area (Å²) in [6.07, 6.45) is 5.30. The molecule has 0 atom stereocenters. The molecular formula is C28H39N3O2. The Kier molecular flexibility index (Phi) is 8.54. The van der Waals surface area contributed by atoms with Gasteiger partial charge in [0.15, 0.2) is 0 Å². The molecule has 0 unspecified atom stereocenters. The van der Waals surface area contributed by atoms with Gasteiger partial charge in [-0.3, -0.25) is 9.59 Å². The van der Waals surface area contributed by atoms with Crippen molar-refractivity contribution in [1.29, 1.82) is 0 Å². The Morgan fingerprint density at radius 3 is 2.09 bits per heavy atom. The van der Waals surface area contributed by atoms with Crippen LogP contribution in [0.25, 0.3) is 0 Å². The number of aryl methyl sites for hydroxylation is 1. The number of rotatable bonds is 8. The Balaban J connectivity index is 1.49. The molecule has 1 aliphatic heterocycles. The number of unbranched alkanes of at least 4 members (excludes halogenated alkanes) is 2. The van der Waals surface area contributed by atoms with Crippen LogP contribution in [0.5, 0.6) is 0 Å². The van der Waals surface area contributed by atoms with Gasteiger partial charge >= 0.3 is 0 Å². The molecule has 1 fully saturated rings. The van der Waals surface area contributed by atoms with Gasteiger partial charge in [0.25, 0.3) is 5.91 Å². The number of amides is 2. The van der Waals surface area contributed by atoms with Crippen molar-refractivity contribution >= 4 is 23.2 Å². The number of hydrogen-bond donors (Lipinski definition) is 1. The van der Waals surface area contributed by atoms with Crippen LogP contribution in [-0.2, 0) is 11.2 Å². The van der Waals surface area contributed by atoms with E-state index in [0.29, 0.717) is 12.0 Å². The Labute approximate surface area is 199 Å². The highest BCUT2D eigenvalue weighted by Crippen LogP contribution is 2.23. The van der Waals surface area contributed by atoms with Gasteiger partial charge < -0.3 is 15.1 Å². The van der Waals surface area contributed by atoms with Gasteiger partial charge in [-0.1, -0.05) is 52.7 Å². The lowest BCUT2D eigenvalue weighted by atomic mass is 9.91. The minimum atomic E-state index is -0.0890. The van der Waals surface area contributed by atoms with Crippen molar-refractivity contribution in [3.63, 3.8) is 0 Å². The first-order valence-electron chi connectivity index (χ1n) is 12.3.